The van der Waals surface area contributed by atoms with Crippen LogP contribution in [0.5, 0.6) is 0 Å². The average molecular weight is 398 g/mol. The van der Waals surface area contributed by atoms with Gasteiger partial charge < -0.3 is 9.84 Å². The lowest BCUT2D eigenvalue weighted by atomic mass is 9.97. The molecule has 0 bridgehead atoms. The lowest BCUT2D eigenvalue weighted by Gasteiger charge is -2.30. The van der Waals surface area contributed by atoms with Gasteiger partial charge in [0.1, 0.15) is 0 Å². The summed E-state index contributed by atoms with van der Waals surface area (Å²) in [6, 6.07) is 10.9. The molecule has 1 N–H and O–H groups in total. The van der Waals surface area contributed by atoms with Gasteiger partial charge in [0, 0.05) is 23.3 Å². The van der Waals surface area contributed by atoms with Crippen molar-refractivity contribution in [2.24, 2.45) is 5.92 Å². The number of amides is 1. The summed E-state index contributed by atoms with van der Waals surface area (Å²) >= 11 is 5.92. The van der Waals surface area contributed by atoms with Crippen LogP contribution in [0, 0.1) is 5.92 Å². The summed E-state index contributed by atoms with van der Waals surface area (Å²) in [5.74, 6) is 1.02. The fourth-order valence-electron chi connectivity index (χ4n) is 3.32. The van der Waals surface area contributed by atoms with Crippen LogP contribution in [0.3, 0.4) is 0 Å². The van der Waals surface area contributed by atoms with E-state index in [1.54, 1.807) is 30.6 Å². The molecule has 0 spiro atoms. The monoisotopic (exact) mass is 397 g/mol. The van der Waals surface area contributed by atoms with Crippen molar-refractivity contribution < 1.29 is 9.32 Å². The Morgan fingerprint density at radius 2 is 2.14 bits per heavy atom. The number of benzene rings is 1. The molecule has 3 aromatic rings. The fraction of sp³-hybridized carbons (Fsp3) is 0.300. The van der Waals surface area contributed by atoms with Gasteiger partial charge in [-0.3, -0.25) is 14.7 Å². The predicted molar refractivity (Wildman–Crippen MR) is 106 cm³/mol. The van der Waals surface area contributed by atoms with E-state index in [4.69, 9.17) is 16.1 Å². The summed E-state index contributed by atoms with van der Waals surface area (Å²) in [5.41, 5.74) is 1.57. The molecule has 1 saturated heterocycles. The van der Waals surface area contributed by atoms with Crippen LogP contribution in [-0.4, -0.2) is 39.0 Å². The number of hydrogen-bond acceptors (Lipinski definition) is 6. The summed E-state index contributed by atoms with van der Waals surface area (Å²) in [7, 11) is 0. The van der Waals surface area contributed by atoms with Crippen LogP contribution in [0.25, 0.3) is 11.4 Å². The number of nitrogens with zero attached hydrogens (tertiary/aromatic N) is 4. The fourth-order valence-corrected chi connectivity index (χ4v) is 3.45. The zero-order valence-corrected chi connectivity index (χ0v) is 16.0. The molecule has 0 radical (unpaired) electrons. The third kappa shape index (κ3) is 4.55. The van der Waals surface area contributed by atoms with Crippen molar-refractivity contribution in [2.45, 2.75) is 19.4 Å². The van der Waals surface area contributed by atoms with Crippen LogP contribution in [0.1, 0.15) is 18.7 Å². The van der Waals surface area contributed by atoms with Crippen LogP contribution in [0.4, 0.5) is 5.69 Å². The molecule has 144 valence electrons. The van der Waals surface area contributed by atoms with E-state index in [9.17, 15) is 4.79 Å². The first kappa shape index (κ1) is 18.6. The van der Waals surface area contributed by atoms with Gasteiger partial charge in [-0.15, -0.1) is 0 Å². The zero-order chi connectivity index (χ0) is 19.3. The zero-order valence-electron chi connectivity index (χ0n) is 15.2. The number of hydrogen-bond donors (Lipinski definition) is 1. The van der Waals surface area contributed by atoms with Crippen molar-refractivity contribution in [1.82, 2.24) is 20.0 Å². The summed E-state index contributed by atoms with van der Waals surface area (Å²) < 4.78 is 5.40. The maximum Gasteiger partial charge on any atom is 0.241 e. The maximum absolute atomic E-state index is 12.6. The number of carbonyl (C=O) groups excluding carboxylic acids is 1. The summed E-state index contributed by atoms with van der Waals surface area (Å²) in [6.45, 7) is 2.08. The van der Waals surface area contributed by atoms with E-state index in [0.29, 0.717) is 35.5 Å². The second-order valence-corrected chi connectivity index (χ2v) is 7.26. The van der Waals surface area contributed by atoms with E-state index in [1.165, 1.54) is 0 Å². The minimum absolute atomic E-state index is 0.0186. The first-order chi connectivity index (χ1) is 13.7. The normalized spacial score (nSPS) is 17.4. The molecule has 0 saturated carbocycles. The number of rotatable bonds is 5. The van der Waals surface area contributed by atoms with Crippen LogP contribution < -0.4 is 5.32 Å². The highest BCUT2D eigenvalue weighted by Crippen LogP contribution is 2.22. The number of nitrogens with one attached hydrogen (secondary N) is 1. The van der Waals surface area contributed by atoms with Gasteiger partial charge in [-0.25, -0.2) is 0 Å². The molecule has 1 unspecified atom stereocenters. The highest BCUT2D eigenvalue weighted by molar-refractivity contribution is 6.30. The van der Waals surface area contributed by atoms with E-state index in [-0.39, 0.29) is 11.8 Å². The molecule has 1 atom stereocenters. The number of carbonyl (C=O) groups is 1. The minimum atomic E-state index is -0.0763. The van der Waals surface area contributed by atoms with Gasteiger partial charge in [-0.2, -0.15) is 4.98 Å². The summed E-state index contributed by atoms with van der Waals surface area (Å²) in [6.07, 6.45) is 5.14. The Labute approximate surface area is 167 Å². The van der Waals surface area contributed by atoms with Gasteiger partial charge in [-0.05, 0) is 55.8 Å². The predicted octanol–water partition coefficient (Wildman–Crippen LogP) is 3.64. The van der Waals surface area contributed by atoms with Crippen molar-refractivity contribution >= 4 is 23.2 Å². The van der Waals surface area contributed by atoms with E-state index in [1.807, 2.05) is 18.2 Å². The Hall–Kier alpha value is -2.77. The lowest BCUT2D eigenvalue weighted by Crippen LogP contribution is -2.40. The van der Waals surface area contributed by atoms with Crippen LogP contribution >= 0.6 is 11.6 Å². The molecule has 28 heavy (non-hydrogen) atoms. The van der Waals surface area contributed by atoms with Gasteiger partial charge in [0.25, 0.3) is 0 Å². The molecule has 8 heteroatoms. The van der Waals surface area contributed by atoms with E-state index >= 15 is 0 Å². The highest BCUT2D eigenvalue weighted by Gasteiger charge is 2.27. The standard InChI is InChI=1S/C20H20ClN5O2/c21-16-7-5-14(6-8-16)19-24-18(28-25-19)13-26-10-2-3-15(12-26)20(27)23-17-4-1-9-22-11-17/h1,4-9,11,15H,2-3,10,12-13H2,(H,23,27). The number of anilines is 1. The molecule has 3 heterocycles. The first-order valence-electron chi connectivity index (χ1n) is 9.19. The molecular formula is C20H20ClN5O2. The smallest absolute Gasteiger partial charge is 0.241 e. The van der Waals surface area contributed by atoms with E-state index < -0.39 is 0 Å². The van der Waals surface area contributed by atoms with E-state index in [0.717, 1.165) is 24.9 Å². The van der Waals surface area contributed by atoms with Gasteiger partial charge >= 0.3 is 0 Å². The van der Waals surface area contributed by atoms with E-state index in [2.05, 4.69) is 25.3 Å². The third-order valence-electron chi connectivity index (χ3n) is 4.73. The average Bonchev–Trinajstić information content (AvgIpc) is 3.18. The largest absolute Gasteiger partial charge is 0.338 e. The van der Waals surface area contributed by atoms with Gasteiger partial charge in [0.2, 0.25) is 17.6 Å². The number of pyridine rings is 1. The molecule has 1 aliphatic rings. The van der Waals surface area contributed by atoms with Crippen molar-refractivity contribution in [2.75, 3.05) is 18.4 Å². The molecule has 1 amide bonds. The molecule has 7 nitrogen and oxygen atoms in total. The van der Waals surface area contributed by atoms with Crippen molar-refractivity contribution in [3.05, 3.63) is 59.7 Å². The first-order valence-corrected chi connectivity index (χ1v) is 9.57. The number of halogens is 1. The molecule has 1 aromatic carbocycles. The molecule has 1 fully saturated rings. The molecule has 4 rings (SSSR count). The number of likely N-dealkylation sites (tertiary alicyclic amines) is 1. The van der Waals surface area contributed by atoms with Gasteiger partial charge in [0.05, 0.1) is 24.3 Å². The molecule has 2 aromatic heterocycles. The maximum atomic E-state index is 12.6. The van der Waals surface area contributed by atoms with Gasteiger partial charge in [-0.1, -0.05) is 16.8 Å². The Kier molecular flexibility index (Phi) is 5.64. The highest BCUT2D eigenvalue weighted by atomic mass is 35.5. The quantitative estimate of drug-likeness (QED) is 0.707. The topological polar surface area (TPSA) is 84.2 Å². The van der Waals surface area contributed by atoms with Gasteiger partial charge in [0.15, 0.2) is 0 Å². The second-order valence-electron chi connectivity index (χ2n) is 6.82. The van der Waals surface area contributed by atoms with Crippen LogP contribution in [0.15, 0.2) is 53.3 Å². The Morgan fingerprint density at radius 1 is 1.29 bits per heavy atom. The van der Waals surface area contributed by atoms with Crippen molar-refractivity contribution in [3.8, 4) is 11.4 Å². The van der Waals surface area contributed by atoms with Crippen LogP contribution in [-0.2, 0) is 11.3 Å². The Balaban J connectivity index is 1.36. The van der Waals surface area contributed by atoms with Crippen molar-refractivity contribution in [3.63, 3.8) is 0 Å². The number of aromatic nitrogens is 3. The Morgan fingerprint density at radius 3 is 2.93 bits per heavy atom. The Bertz CT molecular complexity index is 929. The number of piperidine rings is 1. The molecule has 1 aliphatic heterocycles. The molecular weight excluding hydrogens is 378 g/mol. The minimum Gasteiger partial charge on any atom is -0.338 e. The third-order valence-corrected chi connectivity index (χ3v) is 4.99. The molecule has 0 aliphatic carbocycles. The van der Waals surface area contributed by atoms with Crippen LogP contribution in [0.2, 0.25) is 5.02 Å². The second kappa shape index (κ2) is 8.50. The summed E-state index contributed by atoms with van der Waals surface area (Å²) in [4.78, 5) is 23.2. The lowest BCUT2D eigenvalue weighted by molar-refractivity contribution is -0.121. The SMILES string of the molecule is O=C(Nc1cccnc1)C1CCCN(Cc2nc(-c3ccc(Cl)cc3)no2)C1. The summed E-state index contributed by atoms with van der Waals surface area (Å²) in [5, 5.41) is 7.65. The van der Waals surface area contributed by atoms with Crippen molar-refractivity contribution in [1.29, 1.82) is 0 Å².